The van der Waals surface area contributed by atoms with Gasteiger partial charge in [0, 0.05) is 31.9 Å². The van der Waals surface area contributed by atoms with E-state index in [4.69, 9.17) is 19.3 Å². The number of carbonyl (C=O) groups is 2. The number of urea groups is 1. The fraction of sp³-hybridized carbons (Fsp3) is 0.333. The van der Waals surface area contributed by atoms with Gasteiger partial charge in [0.2, 0.25) is 0 Å². The van der Waals surface area contributed by atoms with Crippen molar-refractivity contribution < 1.29 is 23.8 Å². The summed E-state index contributed by atoms with van der Waals surface area (Å²) < 4.78 is 16.6. The van der Waals surface area contributed by atoms with Gasteiger partial charge < -0.3 is 30.2 Å². The average Bonchev–Trinajstić information content (AvgIpc) is 3.38. The van der Waals surface area contributed by atoms with Crippen LogP contribution >= 0.6 is 22.6 Å². The van der Waals surface area contributed by atoms with Crippen molar-refractivity contribution in [2.75, 3.05) is 36.5 Å². The number of methoxy groups -OCH3 is 2. The van der Waals surface area contributed by atoms with Gasteiger partial charge in [-0.25, -0.2) is 14.8 Å². The Hall–Kier alpha value is -3.91. The summed E-state index contributed by atoms with van der Waals surface area (Å²) in [6.45, 7) is 4.11. The lowest BCUT2D eigenvalue weighted by Crippen LogP contribution is -2.45. The predicted molar refractivity (Wildman–Crippen MR) is 172 cm³/mol. The van der Waals surface area contributed by atoms with Crippen LogP contribution in [0.2, 0.25) is 0 Å². The van der Waals surface area contributed by atoms with Gasteiger partial charge in [-0.05, 0) is 43.7 Å². The standard InChI is InChI=1S/C30H35IN6O5/c1-5-6-23(31)25-17-28(37(36-25)20-9-7-19(2)8-10-20)35-30(39)33-24-12-11-21(15-26(24)41-4)42-22-13-14-32-27(16-22)34-29(38)18-40-3/h7-16,23,28H,5-6,17-18H2,1-4H3,(H,32,34,38)(H2,33,35,39). The van der Waals surface area contributed by atoms with Crippen molar-refractivity contribution in [3.05, 3.63) is 66.4 Å². The molecule has 4 rings (SSSR count). The van der Waals surface area contributed by atoms with Crippen LogP contribution in [0, 0.1) is 6.92 Å². The van der Waals surface area contributed by atoms with Crippen LogP contribution < -0.4 is 30.4 Å². The zero-order valence-electron chi connectivity index (χ0n) is 24.0. The summed E-state index contributed by atoms with van der Waals surface area (Å²) in [5.41, 5.74) is 3.60. The highest BCUT2D eigenvalue weighted by Gasteiger charge is 2.32. The van der Waals surface area contributed by atoms with Gasteiger partial charge in [0.25, 0.3) is 5.91 Å². The third-order valence-corrected chi connectivity index (χ3v) is 7.71. The highest BCUT2D eigenvalue weighted by molar-refractivity contribution is 14.1. The number of anilines is 3. The van der Waals surface area contributed by atoms with E-state index in [0.717, 1.165) is 29.8 Å². The molecule has 2 aromatic carbocycles. The van der Waals surface area contributed by atoms with Crippen molar-refractivity contribution in [1.82, 2.24) is 10.3 Å². The second-order valence-corrected chi connectivity index (χ2v) is 11.2. The van der Waals surface area contributed by atoms with Crippen molar-refractivity contribution >= 4 is 57.4 Å². The van der Waals surface area contributed by atoms with E-state index in [1.165, 1.54) is 20.4 Å². The van der Waals surface area contributed by atoms with E-state index in [2.05, 4.69) is 50.4 Å². The van der Waals surface area contributed by atoms with Crippen molar-refractivity contribution in [2.24, 2.45) is 5.10 Å². The van der Waals surface area contributed by atoms with Crippen molar-refractivity contribution in [3.63, 3.8) is 0 Å². The molecule has 12 heteroatoms. The maximum atomic E-state index is 13.2. The van der Waals surface area contributed by atoms with Crippen LogP contribution in [0.5, 0.6) is 17.2 Å². The molecule has 0 aliphatic carbocycles. The van der Waals surface area contributed by atoms with E-state index < -0.39 is 0 Å². The predicted octanol–water partition coefficient (Wildman–Crippen LogP) is 6.09. The molecule has 3 N–H and O–H groups in total. The van der Waals surface area contributed by atoms with Crippen LogP contribution in [0.4, 0.5) is 22.0 Å². The van der Waals surface area contributed by atoms with Gasteiger partial charge in [-0.2, -0.15) is 5.10 Å². The average molecular weight is 687 g/mol. The van der Waals surface area contributed by atoms with Crippen LogP contribution in [-0.2, 0) is 9.53 Å². The van der Waals surface area contributed by atoms with Crippen LogP contribution in [0.25, 0.3) is 0 Å². The van der Waals surface area contributed by atoms with Crippen LogP contribution in [0.3, 0.4) is 0 Å². The second kappa shape index (κ2) is 14.8. The number of hydrogen-bond acceptors (Lipinski definition) is 8. The first-order chi connectivity index (χ1) is 20.3. The Morgan fingerprint density at radius 1 is 1.07 bits per heavy atom. The molecule has 222 valence electrons. The first kappa shape index (κ1) is 31.0. The number of benzene rings is 2. The number of pyridine rings is 1. The minimum absolute atomic E-state index is 0.0808. The molecule has 0 fully saturated rings. The second-order valence-electron chi connectivity index (χ2n) is 9.67. The first-order valence-corrected chi connectivity index (χ1v) is 14.8. The Kier molecular flexibility index (Phi) is 11.0. The molecule has 1 aromatic heterocycles. The molecule has 0 radical (unpaired) electrons. The number of nitrogens with zero attached hydrogens (tertiary/aromatic N) is 3. The topological polar surface area (TPSA) is 126 Å². The van der Waals surface area contributed by atoms with Gasteiger partial charge in [0.05, 0.1) is 28.1 Å². The number of hydrazone groups is 1. The van der Waals surface area contributed by atoms with Gasteiger partial charge in [0.15, 0.2) is 0 Å². The molecule has 11 nitrogen and oxygen atoms in total. The number of aromatic nitrogens is 1. The Morgan fingerprint density at radius 2 is 1.83 bits per heavy atom. The maximum Gasteiger partial charge on any atom is 0.321 e. The molecular formula is C30H35IN6O5. The molecule has 3 amide bonds. The summed E-state index contributed by atoms with van der Waals surface area (Å²) in [6, 6.07) is 16.0. The van der Waals surface area contributed by atoms with Gasteiger partial charge in [-0.15, -0.1) is 0 Å². The number of amides is 3. The van der Waals surface area contributed by atoms with E-state index in [9.17, 15) is 9.59 Å². The first-order valence-electron chi connectivity index (χ1n) is 13.5. The molecule has 0 spiro atoms. The quantitative estimate of drug-likeness (QED) is 0.156. The molecule has 2 unspecified atom stereocenters. The normalized spacial score (nSPS) is 15.0. The molecule has 0 saturated carbocycles. The zero-order chi connectivity index (χ0) is 30.1. The van der Waals surface area contributed by atoms with Crippen LogP contribution in [0.15, 0.2) is 65.9 Å². The third-order valence-electron chi connectivity index (χ3n) is 6.37. The van der Waals surface area contributed by atoms with Gasteiger partial charge in [0.1, 0.15) is 35.8 Å². The molecule has 42 heavy (non-hydrogen) atoms. The molecule has 1 aliphatic heterocycles. The van der Waals surface area contributed by atoms with Crippen molar-refractivity contribution in [2.45, 2.75) is 43.2 Å². The number of nitrogens with one attached hydrogen (secondary N) is 3. The summed E-state index contributed by atoms with van der Waals surface area (Å²) in [6.07, 6.45) is 3.89. The highest BCUT2D eigenvalue weighted by atomic mass is 127. The molecular weight excluding hydrogens is 651 g/mol. The fourth-order valence-corrected chi connectivity index (χ4v) is 5.33. The lowest BCUT2D eigenvalue weighted by molar-refractivity contribution is -0.119. The SMILES string of the molecule is CCCC(I)C1=NN(c2ccc(C)cc2)C(NC(=O)Nc2ccc(Oc3ccnc(NC(=O)COC)c3)cc2OC)C1. The van der Waals surface area contributed by atoms with E-state index in [-0.39, 0.29) is 24.7 Å². The zero-order valence-corrected chi connectivity index (χ0v) is 26.2. The Morgan fingerprint density at radius 3 is 2.55 bits per heavy atom. The summed E-state index contributed by atoms with van der Waals surface area (Å²) >= 11 is 2.43. The minimum atomic E-state index is -0.383. The van der Waals surface area contributed by atoms with Gasteiger partial charge in [-0.1, -0.05) is 53.6 Å². The monoisotopic (exact) mass is 686 g/mol. The van der Waals surface area contributed by atoms with Gasteiger partial charge in [-0.3, -0.25) is 4.79 Å². The fourth-order valence-electron chi connectivity index (χ4n) is 4.33. The van der Waals surface area contributed by atoms with Crippen LogP contribution in [0.1, 0.15) is 31.7 Å². The number of halogens is 1. The maximum absolute atomic E-state index is 13.2. The molecule has 2 heterocycles. The summed E-state index contributed by atoms with van der Waals surface area (Å²) in [5.74, 6) is 1.36. The molecule has 0 bridgehead atoms. The largest absolute Gasteiger partial charge is 0.494 e. The van der Waals surface area contributed by atoms with E-state index in [0.29, 0.717) is 39.1 Å². The summed E-state index contributed by atoms with van der Waals surface area (Å²) in [7, 11) is 2.96. The molecule has 0 saturated heterocycles. The third kappa shape index (κ3) is 8.32. The van der Waals surface area contributed by atoms with E-state index in [1.807, 2.05) is 36.2 Å². The molecule has 2 atom stereocenters. The smallest absolute Gasteiger partial charge is 0.321 e. The highest BCUT2D eigenvalue weighted by Crippen LogP contribution is 2.33. The lowest BCUT2D eigenvalue weighted by atomic mass is 10.1. The number of carbonyl (C=O) groups excluding carboxylic acids is 2. The number of ether oxygens (including phenoxy) is 3. The summed E-state index contributed by atoms with van der Waals surface area (Å²) in [5, 5.41) is 15.4. The Labute approximate surface area is 259 Å². The van der Waals surface area contributed by atoms with Crippen molar-refractivity contribution in [3.8, 4) is 17.2 Å². The summed E-state index contributed by atoms with van der Waals surface area (Å²) in [4.78, 5) is 29.1. The molecule has 3 aromatic rings. The lowest BCUT2D eigenvalue weighted by Gasteiger charge is -2.25. The number of hydrogen-bond donors (Lipinski definition) is 3. The number of alkyl halides is 1. The van der Waals surface area contributed by atoms with Gasteiger partial charge >= 0.3 is 6.03 Å². The van der Waals surface area contributed by atoms with E-state index >= 15 is 0 Å². The van der Waals surface area contributed by atoms with Crippen molar-refractivity contribution in [1.29, 1.82) is 0 Å². The minimum Gasteiger partial charge on any atom is -0.494 e. The van der Waals surface area contributed by atoms with Crippen LogP contribution in [-0.4, -0.2) is 53.6 Å². The Bertz CT molecular complexity index is 1420. The number of rotatable bonds is 12. The Balaban J connectivity index is 1.43. The molecule has 1 aliphatic rings. The number of aryl methyl sites for hydroxylation is 1. The van der Waals surface area contributed by atoms with E-state index in [1.54, 1.807) is 30.3 Å².